The van der Waals surface area contributed by atoms with Gasteiger partial charge in [0.2, 0.25) is 5.91 Å². The van der Waals surface area contributed by atoms with Gasteiger partial charge >= 0.3 is 0 Å². The van der Waals surface area contributed by atoms with Gasteiger partial charge in [-0.1, -0.05) is 56.0 Å². The van der Waals surface area contributed by atoms with Gasteiger partial charge in [0.05, 0.1) is 0 Å². The third-order valence-electron chi connectivity index (χ3n) is 4.81. The summed E-state index contributed by atoms with van der Waals surface area (Å²) in [5, 5.41) is 3.18. The number of rotatable bonds is 6. The molecule has 1 saturated carbocycles. The predicted molar refractivity (Wildman–Crippen MR) is 90.8 cm³/mol. The first-order valence-corrected chi connectivity index (χ1v) is 8.55. The van der Waals surface area contributed by atoms with Crippen molar-refractivity contribution in [3.05, 3.63) is 54.1 Å². The summed E-state index contributed by atoms with van der Waals surface area (Å²) in [6.07, 6.45) is 10.5. The first-order valence-electron chi connectivity index (χ1n) is 8.55. The topological polar surface area (TPSA) is 46.9 Å². The molecule has 1 aromatic carbocycles. The van der Waals surface area contributed by atoms with Crippen LogP contribution in [0, 0.1) is 5.92 Å². The molecule has 3 rings (SSSR count). The van der Waals surface area contributed by atoms with Crippen LogP contribution in [-0.2, 0) is 11.8 Å². The Balaban J connectivity index is 1.68. The monoisotopic (exact) mass is 311 g/mol. The molecular formula is C19H25N3O. The molecule has 0 bridgehead atoms. The van der Waals surface area contributed by atoms with Crippen molar-refractivity contribution >= 4 is 5.91 Å². The van der Waals surface area contributed by atoms with Crippen LogP contribution in [0.3, 0.4) is 0 Å². The summed E-state index contributed by atoms with van der Waals surface area (Å²) in [7, 11) is 1.96. The van der Waals surface area contributed by atoms with Gasteiger partial charge < -0.3 is 9.88 Å². The highest BCUT2D eigenvalue weighted by Gasteiger charge is 2.22. The molecule has 4 nitrogen and oxygen atoms in total. The number of nitrogens with zero attached hydrogens (tertiary/aromatic N) is 2. The fraction of sp³-hybridized carbons (Fsp3) is 0.474. The molecule has 1 N–H and O–H groups in total. The van der Waals surface area contributed by atoms with E-state index in [0.29, 0.717) is 6.42 Å². The molecule has 1 amide bonds. The number of nitrogens with one attached hydrogen (secondary N) is 1. The van der Waals surface area contributed by atoms with Crippen LogP contribution in [0.1, 0.15) is 56.0 Å². The number of aryl methyl sites for hydroxylation is 1. The van der Waals surface area contributed by atoms with Gasteiger partial charge in [-0.3, -0.25) is 4.79 Å². The minimum Gasteiger partial charge on any atom is -0.342 e. The number of carbonyl (C=O) groups is 1. The van der Waals surface area contributed by atoms with Crippen molar-refractivity contribution in [3.8, 4) is 0 Å². The Kier molecular flexibility index (Phi) is 5.11. The van der Waals surface area contributed by atoms with Gasteiger partial charge in [-0.05, 0) is 17.9 Å². The predicted octanol–water partition coefficient (Wildman–Crippen LogP) is 3.60. The standard InChI is InChI=1S/C19H25N3O/c1-22-14-13-20-19(22)18(16-9-3-2-4-10-16)21-17(23)12-11-15-7-5-6-8-15/h2-4,9-10,13-15,18H,5-8,11-12H2,1H3,(H,21,23). The Morgan fingerprint density at radius 1 is 1.30 bits per heavy atom. The fourth-order valence-electron chi connectivity index (χ4n) is 3.47. The minimum atomic E-state index is -0.188. The molecule has 2 aromatic rings. The molecule has 1 heterocycles. The second kappa shape index (κ2) is 7.44. The van der Waals surface area contributed by atoms with Crippen LogP contribution in [0.5, 0.6) is 0 Å². The molecule has 1 aliphatic rings. The van der Waals surface area contributed by atoms with Crippen molar-refractivity contribution < 1.29 is 4.79 Å². The largest absolute Gasteiger partial charge is 0.342 e. The second-order valence-corrected chi connectivity index (χ2v) is 6.50. The van der Waals surface area contributed by atoms with E-state index in [1.807, 2.05) is 48.1 Å². The summed E-state index contributed by atoms with van der Waals surface area (Å²) < 4.78 is 1.97. The third-order valence-corrected chi connectivity index (χ3v) is 4.81. The van der Waals surface area contributed by atoms with Crippen molar-refractivity contribution in [1.29, 1.82) is 0 Å². The molecule has 0 aliphatic heterocycles. The number of hydrogen-bond acceptors (Lipinski definition) is 2. The van der Waals surface area contributed by atoms with Gasteiger partial charge in [-0.25, -0.2) is 4.98 Å². The lowest BCUT2D eigenvalue weighted by Gasteiger charge is -2.19. The maximum absolute atomic E-state index is 12.4. The van der Waals surface area contributed by atoms with E-state index in [1.165, 1.54) is 25.7 Å². The van der Waals surface area contributed by atoms with Crippen LogP contribution in [0.15, 0.2) is 42.7 Å². The number of benzene rings is 1. The number of carbonyl (C=O) groups excluding carboxylic acids is 1. The van der Waals surface area contributed by atoms with Crippen LogP contribution < -0.4 is 5.32 Å². The first-order chi connectivity index (χ1) is 11.2. The molecular weight excluding hydrogens is 286 g/mol. The highest BCUT2D eigenvalue weighted by atomic mass is 16.1. The number of imidazole rings is 1. The summed E-state index contributed by atoms with van der Waals surface area (Å²) >= 11 is 0. The lowest BCUT2D eigenvalue weighted by Crippen LogP contribution is -2.31. The maximum atomic E-state index is 12.4. The van der Waals surface area contributed by atoms with E-state index in [2.05, 4.69) is 10.3 Å². The van der Waals surface area contributed by atoms with Crippen molar-refractivity contribution in [1.82, 2.24) is 14.9 Å². The lowest BCUT2D eigenvalue weighted by molar-refractivity contribution is -0.121. The van der Waals surface area contributed by atoms with Crippen LogP contribution in [0.4, 0.5) is 0 Å². The molecule has 0 saturated heterocycles. The van der Waals surface area contributed by atoms with Crippen LogP contribution in [0.2, 0.25) is 0 Å². The summed E-state index contributed by atoms with van der Waals surface area (Å²) in [5.74, 6) is 1.73. The number of aromatic nitrogens is 2. The first kappa shape index (κ1) is 15.8. The molecule has 1 aliphatic carbocycles. The van der Waals surface area contributed by atoms with E-state index in [-0.39, 0.29) is 11.9 Å². The summed E-state index contributed by atoms with van der Waals surface area (Å²) in [5.41, 5.74) is 1.07. The average Bonchev–Trinajstić information content (AvgIpc) is 3.23. The van der Waals surface area contributed by atoms with E-state index < -0.39 is 0 Å². The van der Waals surface area contributed by atoms with Crippen molar-refractivity contribution in [2.75, 3.05) is 0 Å². The van der Waals surface area contributed by atoms with Crippen LogP contribution in [0.25, 0.3) is 0 Å². The van der Waals surface area contributed by atoms with Gasteiger partial charge in [0.25, 0.3) is 0 Å². The summed E-state index contributed by atoms with van der Waals surface area (Å²) in [4.78, 5) is 16.9. The average molecular weight is 311 g/mol. The highest BCUT2D eigenvalue weighted by molar-refractivity contribution is 5.76. The minimum absolute atomic E-state index is 0.119. The summed E-state index contributed by atoms with van der Waals surface area (Å²) in [6, 6.07) is 9.87. The zero-order valence-corrected chi connectivity index (χ0v) is 13.7. The Morgan fingerprint density at radius 3 is 2.70 bits per heavy atom. The van der Waals surface area contributed by atoms with E-state index >= 15 is 0 Å². The Bertz CT molecular complexity index is 629. The molecule has 1 unspecified atom stereocenters. The smallest absolute Gasteiger partial charge is 0.220 e. The Labute approximate surface area is 137 Å². The third kappa shape index (κ3) is 4.01. The van der Waals surface area contributed by atoms with Crippen molar-refractivity contribution in [2.24, 2.45) is 13.0 Å². The number of amides is 1. The molecule has 0 radical (unpaired) electrons. The van der Waals surface area contributed by atoms with Gasteiger partial charge in [-0.15, -0.1) is 0 Å². The second-order valence-electron chi connectivity index (χ2n) is 6.50. The van der Waals surface area contributed by atoms with Crippen LogP contribution >= 0.6 is 0 Å². The molecule has 1 fully saturated rings. The normalized spacial score (nSPS) is 16.4. The Morgan fingerprint density at radius 2 is 2.04 bits per heavy atom. The van der Waals surface area contributed by atoms with E-state index in [0.717, 1.165) is 23.7 Å². The lowest BCUT2D eigenvalue weighted by atomic mass is 10.0. The fourth-order valence-corrected chi connectivity index (χ4v) is 3.47. The van der Waals surface area contributed by atoms with Gasteiger partial charge in [-0.2, -0.15) is 0 Å². The van der Waals surface area contributed by atoms with E-state index in [9.17, 15) is 4.79 Å². The van der Waals surface area contributed by atoms with Crippen LogP contribution in [-0.4, -0.2) is 15.5 Å². The zero-order chi connectivity index (χ0) is 16.1. The number of hydrogen-bond donors (Lipinski definition) is 1. The molecule has 1 aromatic heterocycles. The molecule has 23 heavy (non-hydrogen) atoms. The van der Waals surface area contributed by atoms with Crippen molar-refractivity contribution in [2.45, 2.75) is 44.6 Å². The highest BCUT2D eigenvalue weighted by Crippen LogP contribution is 2.28. The van der Waals surface area contributed by atoms with Gasteiger partial charge in [0.15, 0.2) is 0 Å². The molecule has 4 heteroatoms. The quantitative estimate of drug-likeness (QED) is 0.886. The zero-order valence-electron chi connectivity index (χ0n) is 13.7. The molecule has 0 spiro atoms. The van der Waals surface area contributed by atoms with Crippen molar-refractivity contribution in [3.63, 3.8) is 0 Å². The maximum Gasteiger partial charge on any atom is 0.220 e. The van der Waals surface area contributed by atoms with Gasteiger partial charge in [0.1, 0.15) is 11.9 Å². The molecule has 122 valence electrons. The van der Waals surface area contributed by atoms with Gasteiger partial charge in [0, 0.05) is 25.9 Å². The Hall–Kier alpha value is -2.10. The van der Waals surface area contributed by atoms with E-state index in [4.69, 9.17) is 0 Å². The molecule has 1 atom stereocenters. The SMILES string of the molecule is Cn1ccnc1C(NC(=O)CCC1CCCC1)c1ccccc1. The van der Waals surface area contributed by atoms with E-state index in [1.54, 1.807) is 6.20 Å². The summed E-state index contributed by atoms with van der Waals surface area (Å²) in [6.45, 7) is 0.